The highest BCUT2D eigenvalue weighted by atomic mass is 79.9. The summed E-state index contributed by atoms with van der Waals surface area (Å²) in [5, 5.41) is 0.501. The second-order valence-electron chi connectivity index (χ2n) is 5.70. The molecule has 1 amide bonds. The van der Waals surface area contributed by atoms with E-state index in [1.54, 1.807) is 30.3 Å². The van der Waals surface area contributed by atoms with Gasteiger partial charge in [-0.05, 0) is 23.8 Å². The van der Waals surface area contributed by atoms with Crippen LogP contribution in [0.1, 0.15) is 11.6 Å². The molecular weight excluding hydrogens is 408 g/mol. The van der Waals surface area contributed by atoms with Crippen LogP contribution in [0.3, 0.4) is 0 Å². The van der Waals surface area contributed by atoms with Gasteiger partial charge in [-0.2, -0.15) is 5.06 Å². The molecule has 2 atom stereocenters. The fraction of sp³-hybridized carbons (Fsp3) is 0.235. The molecule has 25 heavy (non-hydrogen) atoms. The number of hydrogen-bond donors (Lipinski definition) is 1. The number of carbonyl (C=O) groups excluding carboxylic acids is 1. The molecule has 0 aliphatic carbocycles. The molecule has 2 aromatic rings. The summed E-state index contributed by atoms with van der Waals surface area (Å²) < 4.78 is 27.0. The van der Waals surface area contributed by atoms with E-state index in [1.165, 1.54) is 5.06 Å². The van der Waals surface area contributed by atoms with Gasteiger partial charge in [0.05, 0.1) is 17.5 Å². The summed E-state index contributed by atoms with van der Waals surface area (Å²) in [6.07, 6.45) is 0. The zero-order valence-corrected chi connectivity index (χ0v) is 15.6. The summed E-state index contributed by atoms with van der Waals surface area (Å²) in [5.41, 5.74) is 6.02. The van der Waals surface area contributed by atoms with E-state index in [2.05, 4.69) is 15.9 Å². The summed E-state index contributed by atoms with van der Waals surface area (Å²) in [5.74, 6) is -0.588. The summed E-state index contributed by atoms with van der Waals surface area (Å²) >= 11 is 3.46. The second kappa shape index (κ2) is 7.25. The van der Waals surface area contributed by atoms with Crippen molar-refractivity contribution in [2.75, 3.05) is 13.2 Å². The molecule has 2 N–H and O–H groups in total. The average molecular weight is 425 g/mol. The molecule has 8 heteroatoms. The molecule has 0 aromatic heterocycles. The van der Waals surface area contributed by atoms with Gasteiger partial charge in [0.15, 0.2) is 9.84 Å². The van der Waals surface area contributed by atoms with Crippen molar-refractivity contribution in [3.63, 3.8) is 0 Å². The molecule has 132 valence electrons. The zero-order chi connectivity index (χ0) is 18.0. The Hall–Kier alpha value is -1.74. The minimum absolute atomic E-state index is 0.0451. The van der Waals surface area contributed by atoms with E-state index in [1.807, 2.05) is 24.3 Å². The van der Waals surface area contributed by atoms with Gasteiger partial charge in [0, 0.05) is 4.47 Å². The number of rotatable bonds is 5. The lowest BCUT2D eigenvalue weighted by atomic mass is 10.0. The molecule has 2 aromatic carbocycles. The predicted octanol–water partition coefficient (Wildman–Crippen LogP) is 2.07. The third-order valence-electron chi connectivity index (χ3n) is 4.07. The van der Waals surface area contributed by atoms with E-state index in [-0.39, 0.29) is 18.0 Å². The van der Waals surface area contributed by atoms with Gasteiger partial charge in [-0.25, -0.2) is 8.42 Å². The Morgan fingerprint density at radius 3 is 2.44 bits per heavy atom. The molecule has 3 rings (SSSR count). The molecule has 1 saturated heterocycles. The first kappa shape index (κ1) is 18.1. The standard InChI is InChI=1S/C17H17BrN2O4S/c18-14-9-5-4-8-13(14)17-15(11-24-20(17)10-16(19)21)25(22,23)12-6-2-1-3-7-12/h1-9,15,17H,10-11H2,(H2,19,21). The number of nitrogens with zero attached hydrogens (tertiary/aromatic N) is 1. The number of carbonyl (C=O) groups is 1. The highest BCUT2D eigenvalue weighted by molar-refractivity contribution is 9.10. The van der Waals surface area contributed by atoms with Gasteiger partial charge in [-0.15, -0.1) is 0 Å². The number of hydroxylamine groups is 2. The first-order valence-corrected chi connectivity index (χ1v) is 9.96. The summed E-state index contributed by atoms with van der Waals surface area (Å²) in [4.78, 5) is 17.1. The molecule has 0 radical (unpaired) electrons. The lowest BCUT2D eigenvalue weighted by Gasteiger charge is -2.26. The third-order valence-corrected chi connectivity index (χ3v) is 6.92. The minimum Gasteiger partial charge on any atom is -0.368 e. The fourth-order valence-electron chi connectivity index (χ4n) is 2.94. The van der Waals surface area contributed by atoms with Crippen molar-refractivity contribution in [2.24, 2.45) is 5.73 Å². The van der Waals surface area contributed by atoms with Crippen molar-refractivity contribution in [3.05, 3.63) is 64.6 Å². The van der Waals surface area contributed by atoms with Crippen LogP contribution in [0.4, 0.5) is 0 Å². The molecule has 2 unspecified atom stereocenters. The lowest BCUT2D eigenvalue weighted by Crippen LogP contribution is -2.37. The molecule has 1 heterocycles. The van der Waals surface area contributed by atoms with Gasteiger partial charge in [0.1, 0.15) is 11.8 Å². The Balaban J connectivity index is 2.06. The molecule has 0 bridgehead atoms. The van der Waals surface area contributed by atoms with Crippen LogP contribution in [0.5, 0.6) is 0 Å². The van der Waals surface area contributed by atoms with Crippen LogP contribution in [0.2, 0.25) is 0 Å². The smallest absolute Gasteiger partial charge is 0.234 e. The van der Waals surface area contributed by atoms with Gasteiger partial charge in [-0.1, -0.05) is 52.3 Å². The van der Waals surface area contributed by atoms with Crippen LogP contribution in [-0.4, -0.2) is 37.8 Å². The third kappa shape index (κ3) is 3.62. The Kier molecular flexibility index (Phi) is 5.24. The van der Waals surface area contributed by atoms with Crippen LogP contribution in [0.15, 0.2) is 64.0 Å². The van der Waals surface area contributed by atoms with Crippen molar-refractivity contribution in [1.82, 2.24) is 5.06 Å². The molecule has 1 fully saturated rings. The molecule has 1 aliphatic heterocycles. The fourth-order valence-corrected chi connectivity index (χ4v) is 5.21. The molecule has 6 nitrogen and oxygen atoms in total. The Morgan fingerprint density at radius 1 is 1.16 bits per heavy atom. The normalized spacial score (nSPS) is 21.3. The van der Waals surface area contributed by atoms with Gasteiger partial charge in [0.2, 0.25) is 5.91 Å². The van der Waals surface area contributed by atoms with Gasteiger partial charge in [-0.3, -0.25) is 9.63 Å². The number of hydrogen-bond acceptors (Lipinski definition) is 5. The van der Waals surface area contributed by atoms with Crippen molar-refractivity contribution in [1.29, 1.82) is 0 Å². The first-order chi connectivity index (χ1) is 11.9. The Labute approximate surface area is 154 Å². The number of benzene rings is 2. The SMILES string of the molecule is NC(=O)CN1OCC(S(=O)(=O)c2ccccc2)C1c1ccccc1Br. The zero-order valence-electron chi connectivity index (χ0n) is 13.2. The average Bonchev–Trinajstić information content (AvgIpc) is 2.99. The highest BCUT2D eigenvalue weighted by Crippen LogP contribution is 2.39. The second-order valence-corrected chi connectivity index (χ2v) is 8.72. The maximum absolute atomic E-state index is 13.1. The number of sulfone groups is 1. The molecular formula is C17H17BrN2O4S. The van der Waals surface area contributed by atoms with E-state index in [4.69, 9.17) is 10.6 Å². The molecule has 0 spiro atoms. The Morgan fingerprint density at radius 2 is 1.80 bits per heavy atom. The van der Waals surface area contributed by atoms with Crippen molar-refractivity contribution in [3.8, 4) is 0 Å². The van der Waals surface area contributed by atoms with Gasteiger partial charge >= 0.3 is 0 Å². The molecule has 0 saturated carbocycles. The van der Waals surface area contributed by atoms with Crippen LogP contribution in [0.25, 0.3) is 0 Å². The van der Waals surface area contributed by atoms with Crippen molar-refractivity contribution >= 4 is 31.7 Å². The summed E-state index contributed by atoms with van der Waals surface area (Å²) in [7, 11) is -3.66. The topological polar surface area (TPSA) is 89.7 Å². The quantitative estimate of drug-likeness (QED) is 0.792. The first-order valence-electron chi connectivity index (χ1n) is 7.62. The van der Waals surface area contributed by atoms with Crippen LogP contribution in [0, 0.1) is 0 Å². The largest absolute Gasteiger partial charge is 0.368 e. The number of primary amides is 1. The monoisotopic (exact) mass is 424 g/mol. The summed E-state index contributed by atoms with van der Waals surface area (Å²) in [6.45, 7) is -0.233. The van der Waals surface area contributed by atoms with Gasteiger partial charge < -0.3 is 5.73 Å². The van der Waals surface area contributed by atoms with Crippen LogP contribution >= 0.6 is 15.9 Å². The maximum Gasteiger partial charge on any atom is 0.234 e. The van der Waals surface area contributed by atoms with Gasteiger partial charge in [0.25, 0.3) is 0 Å². The van der Waals surface area contributed by atoms with E-state index in [9.17, 15) is 13.2 Å². The lowest BCUT2D eigenvalue weighted by molar-refractivity contribution is -0.150. The number of amides is 1. The maximum atomic E-state index is 13.1. The minimum atomic E-state index is -3.66. The number of halogens is 1. The van der Waals surface area contributed by atoms with Crippen molar-refractivity contribution < 1.29 is 18.0 Å². The van der Waals surface area contributed by atoms with Crippen LogP contribution in [-0.2, 0) is 19.5 Å². The Bertz CT molecular complexity index is 873. The predicted molar refractivity (Wildman–Crippen MR) is 96.2 cm³/mol. The van der Waals surface area contributed by atoms with Crippen LogP contribution < -0.4 is 5.73 Å². The van der Waals surface area contributed by atoms with Crippen molar-refractivity contribution in [2.45, 2.75) is 16.2 Å². The summed E-state index contributed by atoms with van der Waals surface area (Å²) in [6, 6.07) is 14.9. The highest BCUT2D eigenvalue weighted by Gasteiger charge is 2.46. The van der Waals surface area contributed by atoms with E-state index >= 15 is 0 Å². The molecule has 1 aliphatic rings. The van der Waals surface area contributed by atoms with E-state index in [0.717, 1.165) is 10.0 Å². The van der Waals surface area contributed by atoms with E-state index in [0.29, 0.717) is 0 Å². The number of nitrogens with two attached hydrogens (primary N) is 1. The van der Waals surface area contributed by atoms with E-state index < -0.39 is 27.0 Å².